The van der Waals surface area contributed by atoms with Crippen LogP contribution in [0.3, 0.4) is 0 Å². The van der Waals surface area contributed by atoms with Crippen molar-refractivity contribution in [3.05, 3.63) is 39.7 Å². The van der Waals surface area contributed by atoms with Crippen molar-refractivity contribution in [3.8, 4) is 6.07 Å². The smallest absolute Gasteiger partial charge is 0.302 e. The van der Waals surface area contributed by atoms with Gasteiger partial charge < -0.3 is 4.74 Å². The minimum Gasteiger partial charge on any atom is -0.464 e. The molecule has 6 nitrogen and oxygen atoms in total. The van der Waals surface area contributed by atoms with Crippen LogP contribution in [-0.2, 0) is 9.53 Å². The molecular weight excluding hydrogens is 243 g/mol. The fraction of sp³-hybridized carbons (Fsp3) is 0.273. The Morgan fingerprint density at radius 1 is 1.67 bits per heavy atom. The van der Waals surface area contributed by atoms with E-state index in [1.165, 1.54) is 6.92 Å². The lowest BCUT2D eigenvalue weighted by atomic mass is 10.0. The monoisotopic (exact) mass is 252 g/mol. The maximum atomic E-state index is 13.6. The number of carbonyl (C=O) groups is 1. The summed E-state index contributed by atoms with van der Waals surface area (Å²) >= 11 is 0. The molecule has 0 N–H and O–H groups in total. The van der Waals surface area contributed by atoms with Crippen molar-refractivity contribution in [1.29, 1.82) is 5.26 Å². The molecule has 0 saturated carbocycles. The first-order valence-electron chi connectivity index (χ1n) is 4.92. The van der Waals surface area contributed by atoms with Crippen LogP contribution in [0.5, 0.6) is 0 Å². The lowest BCUT2D eigenvalue weighted by Gasteiger charge is -2.10. The summed E-state index contributed by atoms with van der Waals surface area (Å²) in [6.07, 6.45) is 0. The Morgan fingerprint density at radius 2 is 2.33 bits per heavy atom. The number of halogens is 1. The molecule has 1 aromatic carbocycles. The second-order valence-corrected chi connectivity index (χ2v) is 3.45. The zero-order valence-corrected chi connectivity index (χ0v) is 9.42. The van der Waals surface area contributed by atoms with E-state index in [0.29, 0.717) is 0 Å². The predicted molar refractivity (Wildman–Crippen MR) is 58.0 cm³/mol. The molecule has 0 radical (unpaired) electrons. The zero-order chi connectivity index (χ0) is 13.7. The van der Waals surface area contributed by atoms with Crippen molar-refractivity contribution in [2.24, 2.45) is 0 Å². The topological polar surface area (TPSA) is 93.2 Å². The first kappa shape index (κ1) is 13.6. The highest BCUT2D eigenvalue weighted by Gasteiger charge is 2.19. The van der Waals surface area contributed by atoms with E-state index in [9.17, 15) is 19.3 Å². The maximum Gasteiger partial charge on any atom is 0.302 e. The van der Waals surface area contributed by atoms with Crippen molar-refractivity contribution in [1.82, 2.24) is 0 Å². The van der Waals surface area contributed by atoms with Gasteiger partial charge in [-0.1, -0.05) is 0 Å². The summed E-state index contributed by atoms with van der Waals surface area (Å²) in [5.74, 6) is -2.45. The summed E-state index contributed by atoms with van der Waals surface area (Å²) in [7, 11) is 0. The van der Waals surface area contributed by atoms with Crippen LogP contribution in [0, 0.1) is 27.3 Å². The van der Waals surface area contributed by atoms with Gasteiger partial charge in [-0.15, -0.1) is 0 Å². The largest absolute Gasteiger partial charge is 0.464 e. The molecule has 1 atom stereocenters. The highest BCUT2D eigenvalue weighted by Crippen LogP contribution is 2.23. The van der Waals surface area contributed by atoms with Crippen LogP contribution in [0.2, 0.25) is 0 Å². The fourth-order valence-corrected chi connectivity index (χ4v) is 1.31. The number of carbonyl (C=O) groups excluding carboxylic acids is 1. The lowest BCUT2D eigenvalue weighted by Crippen LogP contribution is -2.10. The van der Waals surface area contributed by atoms with E-state index in [0.717, 1.165) is 18.2 Å². The molecule has 0 saturated heterocycles. The minimum atomic E-state index is -0.991. The van der Waals surface area contributed by atoms with Crippen LogP contribution in [0.4, 0.5) is 10.1 Å². The number of nitro benzene ring substituents is 1. The molecular formula is C11H9FN2O4. The van der Waals surface area contributed by atoms with Crippen LogP contribution in [-0.4, -0.2) is 17.5 Å². The van der Waals surface area contributed by atoms with Crippen molar-refractivity contribution in [3.63, 3.8) is 0 Å². The second kappa shape index (κ2) is 5.72. The van der Waals surface area contributed by atoms with E-state index in [1.54, 1.807) is 6.07 Å². The fourth-order valence-electron chi connectivity index (χ4n) is 1.31. The van der Waals surface area contributed by atoms with Gasteiger partial charge in [0, 0.05) is 18.6 Å². The molecule has 7 heteroatoms. The molecule has 0 heterocycles. The quantitative estimate of drug-likeness (QED) is 0.463. The Bertz CT molecular complexity index is 524. The number of nitriles is 1. The number of esters is 1. The second-order valence-electron chi connectivity index (χ2n) is 3.45. The number of hydrogen-bond acceptors (Lipinski definition) is 5. The molecule has 18 heavy (non-hydrogen) atoms. The number of non-ortho nitro benzene ring substituents is 1. The Morgan fingerprint density at radius 3 is 2.78 bits per heavy atom. The van der Waals surface area contributed by atoms with Gasteiger partial charge in [0.25, 0.3) is 5.69 Å². The molecule has 0 aliphatic carbocycles. The Hall–Kier alpha value is -2.49. The average molecular weight is 252 g/mol. The number of ether oxygens (including phenoxy) is 1. The van der Waals surface area contributed by atoms with Crippen LogP contribution in [0.15, 0.2) is 18.2 Å². The minimum absolute atomic E-state index is 0.0376. The van der Waals surface area contributed by atoms with Gasteiger partial charge >= 0.3 is 5.97 Å². The first-order chi connectivity index (χ1) is 8.45. The van der Waals surface area contributed by atoms with Gasteiger partial charge in [-0.05, 0) is 6.07 Å². The highest BCUT2D eigenvalue weighted by molar-refractivity contribution is 5.66. The summed E-state index contributed by atoms with van der Waals surface area (Å²) in [4.78, 5) is 20.3. The zero-order valence-electron chi connectivity index (χ0n) is 9.42. The molecule has 0 fully saturated rings. The summed E-state index contributed by atoms with van der Waals surface area (Å²) in [6, 6.07) is 4.74. The number of rotatable bonds is 4. The summed E-state index contributed by atoms with van der Waals surface area (Å²) in [6.45, 7) is 0.876. The molecule has 0 amide bonds. The summed E-state index contributed by atoms with van der Waals surface area (Å²) in [5, 5.41) is 19.3. The van der Waals surface area contributed by atoms with Crippen molar-refractivity contribution >= 4 is 11.7 Å². The molecule has 0 aromatic heterocycles. The standard InChI is InChI=1S/C11H9FN2O4/c1-7(15)18-6-8(5-13)10-3-2-9(14(16)17)4-11(10)12/h2-4,8H,6H2,1H3. The van der Waals surface area contributed by atoms with E-state index in [-0.39, 0.29) is 12.2 Å². The Kier molecular flexibility index (Phi) is 4.32. The first-order valence-corrected chi connectivity index (χ1v) is 4.92. The SMILES string of the molecule is CC(=O)OCC(C#N)c1ccc([N+](=O)[O-])cc1F. The number of nitrogens with zero attached hydrogens (tertiary/aromatic N) is 2. The van der Waals surface area contributed by atoms with Gasteiger partial charge in [0.15, 0.2) is 0 Å². The normalized spacial score (nSPS) is 11.4. The average Bonchev–Trinajstić information content (AvgIpc) is 2.30. The van der Waals surface area contributed by atoms with Gasteiger partial charge in [-0.25, -0.2) is 4.39 Å². The van der Waals surface area contributed by atoms with E-state index in [1.807, 2.05) is 0 Å². The molecule has 1 rings (SSSR count). The van der Waals surface area contributed by atoms with E-state index in [2.05, 4.69) is 4.74 Å². The number of benzene rings is 1. The Balaban J connectivity index is 2.97. The maximum absolute atomic E-state index is 13.6. The van der Waals surface area contributed by atoms with E-state index < -0.39 is 28.3 Å². The third kappa shape index (κ3) is 3.25. The van der Waals surface area contributed by atoms with Crippen LogP contribution < -0.4 is 0 Å². The molecule has 0 bridgehead atoms. The van der Waals surface area contributed by atoms with Gasteiger partial charge in [0.2, 0.25) is 0 Å². The number of nitro groups is 1. The van der Waals surface area contributed by atoms with Gasteiger partial charge in [-0.2, -0.15) is 5.26 Å². The van der Waals surface area contributed by atoms with Crippen LogP contribution in [0.25, 0.3) is 0 Å². The van der Waals surface area contributed by atoms with Crippen molar-refractivity contribution < 1.29 is 18.8 Å². The van der Waals surface area contributed by atoms with Gasteiger partial charge in [0.05, 0.1) is 17.1 Å². The van der Waals surface area contributed by atoms with Crippen molar-refractivity contribution in [2.45, 2.75) is 12.8 Å². The van der Waals surface area contributed by atoms with Gasteiger partial charge in [-0.3, -0.25) is 14.9 Å². The molecule has 0 aliphatic heterocycles. The third-order valence-electron chi connectivity index (χ3n) is 2.18. The third-order valence-corrected chi connectivity index (χ3v) is 2.18. The Labute approximate surface area is 102 Å². The van der Waals surface area contributed by atoms with Crippen LogP contribution in [0.1, 0.15) is 18.4 Å². The molecule has 0 spiro atoms. The summed E-state index contributed by atoms with van der Waals surface area (Å²) in [5.41, 5.74) is -0.440. The molecule has 1 unspecified atom stereocenters. The highest BCUT2D eigenvalue weighted by atomic mass is 19.1. The molecule has 0 aliphatic rings. The van der Waals surface area contributed by atoms with Gasteiger partial charge in [0.1, 0.15) is 18.3 Å². The molecule has 94 valence electrons. The van der Waals surface area contributed by atoms with Crippen molar-refractivity contribution in [2.75, 3.05) is 6.61 Å². The number of hydrogen-bond donors (Lipinski definition) is 0. The predicted octanol–water partition coefficient (Wildman–Crippen LogP) is 1.90. The lowest BCUT2D eigenvalue weighted by molar-refractivity contribution is -0.385. The van der Waals surface area contributed by atoms with E-state index in [4.69, 9.17) is 5.26 Å². The van der Waals surface area contributed by atoms with Crippen LogP contribution >= 0.6 is 0 Å². The molecule has 1 aromatic rings. The van der Waals surface area contributed by atoms with E-state index >= 15 is 0 Å². The summed E-state index contributed by atoms with van der Waals surface area (Å²) < 4.78 is 18.2.